The van der Waals surface area contributed by atoms with E-state index in [-0.39, 0.29) is 10.9 Å². The Morgan fingerprint density at radius 2 is 2.50 bits per heavy atom. The average molecular weight is 236 g/mol. The van der Waals surface area contributed by atoms with Crippen LogP contribution in [0.1, 0.15) is 24.6 Å². The van der Waals surface area contributed by atoms with Crippen LogP contribution < -0.4 is 5.73 Å². The van der Waals surface area contributed by atoms with Gasteiger partial charge in [-0.15, -0.1) is 0 Å². The van der Waals surface area contributed by atoms with E-state index in [1.54, 1.807) is 6.08 Å². The lowest BCUT2D eigenvalue weighted by Gasteiger charge is -1.91. The molecule has 0 unspecified atom stereocenters. The van der Waals surface area contributed by atoms with Gasteiger partial charge in [-0.25, -0.2) is 0 Å². The molecule has 0 bridgehead atoms. The minimum atomic E-state index is 0.108. The summed E-state index contributed by atoms with van der Waals surface area (Å²) in [6.07, 6.45) is 4.39. The predicted octanol–water partition coefficient (Wildman–Crippen LogP) is 1.55. The quantitative estimate of drug-likeness (QED) is 0.773. The van der Waals surface area contributed by atoms with Gasteiger partial charge < -0.3 is 5.73 Å². The van der Waals surface area contributed by atoms with Gasteiger partial charge in [-0.05, 0) is 12.5 Å². The van der Waals surface area contributed by atoms with Gasteiger partial charge in [0.15, 0.2) is 10.9 Å². The number of H-pyrrole nitrogens is 1. The Labute approximate surface area is 97.7 Å². The molecule has 6 heteroatoms. The number of nitrogens with one attached hydrogen (secondary N) is 1. The second kappa shape index (κ2) is 5.98. The zero-order chi connectivity index (χ0) is 12.0. The number of rotatable bonds is 4. The van der Waals surface area contributed by atoms with Gasteiger partial charge in [0.05, 0.1) is 5.69 Å². The summed E-state index contributed by atoms with van der Waals surface area (Å²) in [6, 6.07) is 1.97. The number of nitriles is 1. The molecule has 0 radical (unpaired) electrons. The Balaban J connectivity index is 2.50. The van der Waals surface area contributed by atoms with Crippen LogP contribution in [-0.4, -0.2) is 21.1 Å². The Bertz CT molecular complexity index is 444. The minimum absolute atomic E-state index is 0.108. The van der Waals surface area contributed by atoms with Crippen LogP contribution in [0.3, 0.4) is 0 Å². The second-order valence-electron chi connectivity index (χ2n) is 3.04. The number of allylic oxidation sites excluding steroid dienone is 1. The zero-order valence-electron chi connectivity index (χ0n) is 8.86. The Kier molecular flexibility index (Phi) is 4.61. The van der Waals surface area contributed by atoms with Crippen molar-refractivity contribution in [1.29, 1.82) is 5.26 Å². The molecule has 0 aliphatic heterocycles. The molecule has 16 heavy (non-hydrogen) atoms. The molecule has 3 N–H and O–H groups in total. The SMILES string of the molecule is CC(=O)SCCC=Cc1[nH]nc(N)c1C#N. The van der Waals surface area contributed by atoms with Gasteiger partial charge in [-0.2, -0.15) is 10.4 Å². The molecule has 0 aromatic carbocycles. The number of hydrogen-bond donors (Lipinski definition) is 2. The molecule has 0 fully saturated rings. The van der Waals surface area contributed by atoms with E-state index in [4.69, 9.17) is 11.0 Å². The number of hydrogen-bond acceptors (Lipinski definition) is 5. The molecule has 1 rings (SSSR count). The lowest BCUT2D eigenvalue weighted by atomic mass is 10.2. The van der Waals surface area contributed by atoms with E-state index in [0.717, 1.165) is 12.2 Å². The molecule has 0 saturated carbocycles. The van der Waals surface area contributed by atoms with Crippen molar-refractivity contribution in [3.8, 4) is 6.07 Å². The first-order valence-electron chi connectivity index (χ1n) is 4.69. The minimum Gasteiger partial charge on any atom is -0.381 e. The standard InChI is InChI=1S/C10H12N4OS/c1-7(15)16-5-3-2-4-9-8(6-11)10(12)14-13-9/h2,4H,3,5H2,1H3,(H3,12,13,14). The van der Waals surface area contributed by atoms with Crippen LogP contribution >= 0.6 is 11.8 Å². The summed E-state index contributed by atoms with van der Waals surface area (Å²) in [5.41, 5.74) is 6.44. The summed E-state index contributed by atoms with van der Waals surface area (Å²) in [4.78, 5) is 10.6. The summed E-state index contributed by atoms with van der Waals surface area (Å²) in [5.74, 6) is 0.942. The maximum Gasteiger partial charge on any atom is 0.185 e. The van der Waals surface area contributed by atoms with Crippen molar-refractivity contribution in [2.45, 2.75) is 13.3 Å². The fourth-order valence-corrected chi connectivity index (χ4v) is 1.62. The third-order valence-corrected chi connectivity index (χ3v) is 2.65. The van der Waals surface area contributed by atoms with Crippen LogP contribution in [0.25, 0.3) is 6.08 Å². The average Bonchev–Trinajstić information content (AvgIpc) is 2.58. The maximum atomic E-state index is 10.6. The number of nitrogen functional groups attached to an aromatic ring is 1. The van der Waals surface area contributed by atoms with Crippen LogP contribution in [0, 0.1) is 11.3 Å². The van der Waals surface area contributed by atoms with E-state index in [9.17, 15) is 4.79 Å². The smallest absolute Gasteiger partial charge is 0.185 e. The van der Waals surface area contributed by atoms with Crippen LogP contribution in [-0.2, 0) is 4.79 Å². The number of aromatic amines is 1. The van der Waals surface area contributed by atoms with E-state index >= 15 is 0 Å². The van der Waals surface area contributed by atoms with Gasteiger partial charge in [-0.1, -0.05) is 17.8 Å². The molecule has 1 heterocycles. The largest absolute Gasteiger partial charge is 0.381 e. The van der Waals surface area contributed by atoms with Crippen molar-refractivity contribution in [2.75, 3.05) is 11.5 Å². The summed E-state index contributed by atoms with van der Waals surface area (Å²) in [7, 11) is 0. The highest BCUT2D eigenvalue weighted by atomic mass is 32.2. The van der Waals surface area contributed by atoms with E-state index in [0.29, 0.717) is 11.3 Å². The fourth-order valence-electron chi connectivity index (χ4n) is 1.08. The number of nitrogens with two attached hydrogens (primary N) is 1. The highest BCUT2D eigenvalue weighted by Gasteiger charge is 2.06. The third-order valence-electron chi connectivity index (χ3n) is 1.81. The summed E-state index contributed by atoms with van der Waals surface area (Å²) < 4.78 is 0. The van der Waals surface area contributed by atoms with E-state index < -0.39 is 0 Å². The number of carbonyl (C=O) groups excluding carboxylic acids is 1. The molecule has 0 spiro atoms. The molecule has 0 aliphatic carbocycles. The number of thioether (sulfide) groups is 1. The molecule has 5 nitrogen and oxygen atoms in total. The molecule has 1 aromatic rings. The normalized spacial score (nSPS) is 10.5. The Morgan fingerprint density at radius 3 is 3.12 bits per heavy atom. The second-order valence-corrected chi connectivity index (χ2v) is 4.31. The summed E-state index contributed by atoms with van der Waals surface area (Å²) in [5, 5.41) is 15.3. The Morgan fingerprint density at radius 1 is 1.75 bits per heavy atom. The van der Waals surface area contributed by atoms with E-state index in [1.807, 2.05) is 12.1 Å². The first-order chi connectivity index (χ1) is 7.65. The zero-order valence-corrected chi connectivity index (χ0v) is 9.67. The van der Waals surface area contributed by atoms with Crippen molar-refractivity contribution in [1.82, 2.24) is 10.2 Å². The molecule has 0 aliphatic rings. The Hall–Kier alpha value is -1.74. The van der Waals surface area contributed by atoms with Crippen LogP contribution in [0.15, 0.2) is 6.08 Å². The van der Waals surface area contributed by atoms with Gasteiger partial charge in [0.25, 0.3) is 0 Å². The lowest BCUT2D eigenvalue weighted by molar-refractivity contribution is -0.109. The van der Waals surface area contributed by atoms with E-state index in [1.165, 1.54) is 18.7 Å². The first-order valence-corrected chi connectivity index (χ1v) is 5.67. The fraction of sp³-hybridized carbons (Fsp3) is 0.300. The van der Waals surface area contributed by atoms with Crippen molar-refractivity contribution >= 4 is 28.8 Å². The molecule has 84 valence electrons. The molecular formula is C10H12N4OS. The highest BCUT2D eigenvalue weighted by Crippen LogP contribution is 2.13. The topological polar surface area (TPSA) is 95.6 Å². The van der Waals surface area contributed by atoms with Gasteiger partial charge in [0.1, 0.15) is 11.6 Å². The number of carbonyl (C=O) groups is 1. The van der Waals surface area contributed by atoms with Crippen LogP contribution in [0.2, 0.25) is 0 Å². The summed E-state index contributed by atoms with van der Waals surface area (Å²) in [6.45, 7) is 1.54. The first kappa shape index (κ1) is 12.3. The number of anilines is 1. The van der Waals surface area contributed by atoms with Crippen LogP contribution in [0.5, 0.6) is 0 Å². The molecule has 0 saturated heterocycles. The molecule has 1 aromatic heterocycles. The van der Waals surface area contributed by atoms with Gasteiger partial charge >= 0.3 is 0 Å². The number of aromatic nitrogens is 2. The third kappa shape index (κ3) is 3.44. The van der Waals surface area contributed by atoms with Gasteiger partial charge in [0.2, 0.25) is 0 Å². The molecule has 0 atom stereocenters. The predicted molar refractivity (Wildman–Crippen MR) is 64.5 cm³/mol. The highest BCUT2D eigenvalue weighted by molar-refractivity contribution is 8.13. The summed E-state index contributed by atoms with van der Waals surface area (Å²) >= 11 is 1.28. The van der Waals surface area contributed by atoms with E-state index in [2.05, 4.69) is 10.2 Å². The maximum absolute atomic E-state index is 10.6. The van der Waals surface area contributed by atoms with Crippen molar-refractivity contribution in [2.24, 2.45) is 0 Å². The van der Waals surface area contributed by atoms with Gasteiger partial charge in [-0.3, -0.25) is 9.89 Å². The van der Waals surface area contributed by atoms with Crippen molar-refractivity contribution in [3.63, 3.8) is 0 Å². The van der Waals surface area contributed by atoms with Crippen LogP contribution in [0.4, 0.5) is 5.82 Å². The molecule has 0 amide bonds. The lowest BCUT2D eigenvalue weighted by Crippen LogP contribution is -1.87. The number of nitrogens with zero attached hydrogens (tertiary/aromatic N) is 2. The van der Waals surface area contributed by atoms with Gasteiger partial charge in [0, 0.05) is 12.7 Å². The van der Waals surface area contributed by atoms with Crippen molar-refractivity contribution < 1.29 is 4.79 Å². The monoisotopic (exact) mass is 236 g/mol. The molecular weight excluding hydrogens is 224 g/mol. The van der Waals surface area contributed by atoms with Crippen molar-refractivity contribution in [3.05, 3.63) is 17.3 Å².